The van der Waals surface area contributed by atoms with E-state index in [2.05, 4.69) is 26.8 Å². The van der Waals surface area contributed by atoms with Gasteiger partial charge >= 0.3 is 0 Å². The number of carbonyl (C=O) groups is 2. The topological polar surface area (TPSA) is 67.4 Å². The molecule has 0 bridgehead atoms. The number of aryl methyl sites for hydroxylation is 1. The van der Waals surface area contributed by atoms with Crippen molar-refractivity contribution in [3.63, 3.8) is 0 Å². The number of ether oxygens (including phenoxy) is 1. The third-order valence-corrected chi connectivity index (χ3v) is 4.96. The van der Waals surface area contributed by atoms with Gasteiger partial charge in [-0.1, -0.05) is 58.4 Å². The van der Waals surface area contributed by atoms with Gasteiger partial charge in [-0.25, -0.2) is 0 Å². The Labute approximate surface area is 165 Å². The molecule has 3 rings (SSSR count). The summed E-state index contributed by atoms with van der Waals surface area (Å²) in [6.45, 7) is 1.75. The van der Waals surface area contributed by atoms with E-state index in [9.17, 15) is 9.59 Å². The SMILES string of the molecule is Cc1cc(OCC(=O)NNC(=O)Cc2cccc3ccccc23)ccc1Br. The Morgan fingerprint density at radius 1 is 0.963 bits per heavy atom. The number of halogens is 1. The second-order valence-corrected chi connectivity index (χ2v) is 6.97. The second-order valence-electron chi connectivity index (χ2n) is 6.11. The zero-order valence-electron chi connectivity index (χ0n) is 14.8. The summed E-state index contributed by atoms with van der Waals surface area (Å²) in [6.07, 6.45) is 0.175. The number of fused-ring (bicyclic) bond motifs is 1. The summed E-state index contributed by atoms with van der Waals surface area (Å²) < 4.78 is 6.40. The highest BCUT2D eigenvalue weighted by atomic mass is 79.9. The molecule has 0 fully saturated rings. The highest BCUT2D eigenvalue weighted by Gasteiger charge is 2.09. The fraction of sp³-hybridized carbons (Fsp3) is 0.143. The quantitative estimate of drug-likeness (QED) is 0.611. The number of hydrazine groups is 1. The molecule has 2 N–H and O–H groups in total. The van der Waals surface area contributed by atoms with Gasteiger partial charge in [0.2, 0.25) is 5.91 Å². The normalized spacial score (nSPS) is 10.4. The minimum Gasteiger partial charge on any atom is -0.484 e. The van der Waals surface area contributed by atoms with Crippen molar-refractivity contribution in [3.05, 3.63) is 76.3 Å². The van der Waals surface area contributed by atoms with Gasteiger partial charge in [0.15, 0.2) is 6.61 Å². The first-order valence-corrected chi connectivity index (χ1v) is 9.25. The van der Waals surface area contributed by atoms with Crippen LogP contribution in [-0.4, -0.2) is 18.4 Å². The molecule has 2 amide bonds. The maximum atomic E-state index is 12.1. The van der Waals surface area contributed by atoms with Crippen LogP contribution in [-0.2, 0) is 16.0 Å². The van der Waals surface area contributed by atoms with E-state index in [1.54, 1.807) is 6.07 Å². The van der Waals surface area contributed by atoms with Crippen LogP contribution in [0.5, 0.6) is 5.75 Å². The van der Waals surface area contributed by atoms with Crippen molar-refractivity contribution in [1.29, 1.82) is 0 Å². The van der Waals surface area contributed by atoms with Crippen molar-refractivity contribution in [2.75, 3.05) is 6.61 Å². The molecule has 0 spiro atoms. The standard InChI is InChI=1S/C21H19BrN2O3/c1-14-11-17(9-10-19(14)22)27-13-21(26)24-23-20(25)12-16-7-4-6-15-5-2-3-8-18(15)16/h2-11H,12-13H2,1H3,(H,23,25)(H,24,26). The van der Waals surface area contributed by atoms with E-state index < -0.39 is 5.91 Å². The van der Waals surface area contributed by atoms with E-state index in [-0.39, 0.29) is 18.9 Å². The van der Waals surface area contributed by atoms with Crippen LogP contribution >= 0.6 is 15.9 Å². The highest BCUT2D eigenvalue weighted by Crippen LogP contribution is 2.21. The lowest BCUT2D eigenvalue weighted by molar-refractivity contribution is -0.129. The van der Waals surface area contributed by atoms with Crippen LogP contribution in [0.3, 0.4) is 0 Å². The van der Waals surface area contributed by atoms with Crippen molar-refractivity contribution < 1.29 is 14.3 Å². The minimum absolute atomic E-state index is 0.175. The van der Waals surface area contributed by atoms with E-state index in [1.807, 2.05) is 61.5 Å². The molecule has 0 atom stereocenters. The third kappa shape index (κ3) is 5.08. The van der Waals surface area contributed by atoms with Gasteiger partial charge in [-0.2, -0.15) is 0 Å². The van der Waals surface area contributed by atoms with E-state index >= 15 is 0 Å². The first-order valence-electron chi connectivity index (χ1n) is 8.46. The molecule has 3 aromatic rings. The number of carbonyl (C=O) groups excluding carboxylic acids is 2. The van der Waals surface area contributed by atoms with E-state index in [4.69, 9.17) is 4.74 Å². The van der Waals surface area contributed by atoms with Crippen LogP contribution in [0.25, 0.3) is 10.8 Å². The molecule has 0 radical (unpaired) electrons. The number of amides is 2. The summed E-state index contributed by atoms with van der Waals surface area (Å²) in [4.78, 5) is 24.0. The fourth-order valence-electron chi connectivity index (χ4n) is 2.70. The summed E-state index contributed by atoms with van der Waals surface area (Å²) in [7, 11) is 0. The van der Waals surface area contributed by atoms with Crippen LogP contribution in [0.15, 0.2) is 65.1 Å². The maximum absolute atomic E-state index is 12.1. The van der Waals surface area contributed by atoms with Crippen LogP contribution in [0.1, 0.15) is 11.1 Å². The lowest BCUT2D eigenvalue weighted by Crippen LogP contribution is -2.44. The van der Waals surface area contributed by atoms with Crippen molar-refractivity contribution in [2.24, 2.45) is 0 Å². The zero-order valence-corrected chi connectivity index (χ0v) is 16.4. The molecule has 0 aliphatic heterocycles. The number of rotatable bonds is 5. The smallest absolute Gasteiger partial charge is 0.276 e. The Kier molecular flexibility index (Phi) is 6.08. The molecule has 0 saturated carbocycles. The van der Waals surface area contributed by atoms with E-state index in [1.165, 1.54) is 0 Å². The predicted octanol–water partition coefficient (Wildman–Crippen LogP) is 3.68. The number of hydrogen-bond donors (Lipinski definition) is 2. The summed E-state index contributed by atoms with van der Waals surface area (Å²) in [5.74, 6) is -0.131. The van der Waals surface area contributed by atoms with Gasteiger partial charge in [0.05, 0.1) is 6.42 Å². The molecule has 3 aromatic carbocycles. The third-order valence-electron chi connectivity index (χ3n) is 4.07. The maximum Gasteiger partial charge on any atom is 0.276 e. The molecule has 27 heavy (non-hydrogen) atoms. The second kappa shape index (κ2) is 8.68. The van der Waals surface area contributed by atoms with Gasteiger partial charge in [-0.15, -0.1) is 0 Å². The monoisotopic (exact) mass is 426 g/mol. The van der Waals surface area contributed by atoms with Crippen molar-refractivity contribution in [3.8, 4) is 5.75 Å². The Morgan fingerprint density at radius 2 is 1.70 bits per heavy atom. The van der Waals surface area contributed by atoms with Crippen LogP contribution < -0.4 is 15.6 Å². The van der Waals surface area contributed by atoms with Gasteiger partial charge < -0.3 is 4.74 Å². The van der Waals surface area contributed by atoms with Crippen LogP contribution in [0.2, 0.25) is 0 Å². The number of nitrogens with one attached hydrogen (secondary N) is 2. The largest absolute Gasteiger partial charge is 0.484 e. The van der Waals surface area contributed by atoms with Gasteiger partial charge in [0, 0.05) is 4.47 Å². The molecule has 6 heteroatoms. The first kappa shape index (κ1) is 18.9. The van der Waals surface area contributed by atoms with Crippen molar-refractivity contribution in [2.45, 2.75) is 13.3 Å². The molecule has 0 heterocycles. The van der Waals surface area contributed by atoms with Gasteiger partial charge in [0.1, 0.15) is 5.75 Å². The molecule has 138 valence electrons. The molecule has 0 aliphatic rings. The molecule has 5 nitrogen and oxygen atoms in total. The zero-order chi connectivity index (χ0) is 19.2. The lowest BCUT2D eigenvalue weighted by atomic mass is 10.0. The number of hydrogen-bond acceptors (Lipinski definition) is 3. The average Bonchev–Trinajstić information content (AvgIpc) is 2.67. The molecule has 0 aliphatic carbocycles. The van der Waals surface area contributed by atoms with Crippen LogP contribution in [0.4, 0.5) is 0 Å². The van der Waals surface area contributed by atoms with E-state index in [0.717, 1.165) is 26.4 Å². The Bertz CT molecular complexity index is 983. The van der Waals surface area contributed by atoms with Crippen LogP contribution in [0, 0.1) is 6.92 Å². The molecular formula is C21H19BrN2O3. The van der Waals surface area contributed by atoms with Crippen molar-refractivity contribution >= 4 is 38.5 Å². The summed E-state index contributed by atoms with van der Waals surface area (Å²) in [6, 6.07) is 19.1. The van der Waals surface area contributed by atoms with E-state index in [0.29, 0.717) is 5.75 Å². The highest BCUT2D eigenvalue weighted by molar-refractivity contribution is 9.10. The van der Waals surface area contributed by atoms with Gasteiger partial charge in [-0.3, -0.25) is 20.4 Å². The number of benzene rings is 3. The lowest BCUT2D eigenvalue weighted by Gasteiger charge is -2.10. The first-order chi connectivity index (χ1) is 13.0. The molecular weight excluding hydrogens is 408 g/mol. The summed E-state index contributed by atoms with van der Waals surface area (Å²) in [5, 5.41) is 2.10. The molecule has 0 unspecified atom stereocenters. The molecule has 0 saturated heterocycles. The summed E-state index contributed by atoms with van der Waals surface area (Å²) in [5.41, 5.74) is 6.72. The average molecular weight is 427 g/mol. The fourth-order valence-corrected chi connectivity index (χ4v) is 2.94. The Hall–Kier alpha value is -2.86. The Balaban J connectivity index is 1.49. The van der Waals surface area contributed by atoms with Crippen molar-refractivity contribution in [1.82, 2.24) is 10.9 Å². The minimum atomic E-state index is -0.429. The summed E-state index contributed by atoms with van der Waals surface area (Å²) >= 11 is 3.41. The van der Waals surface area contributed by atoms with Gasteiger partial charge in [0.25, 0.3) is 5.91 Å². The molecule has 0 aromatic heterocycles. The van der Waals surface area contributed by atoms with Gasteiger partial charge in [-0.05, 0) is 47.0 Å². The Morgan fingerprint density at radius 3 is 2.52 bits per heavy atom. The predicted molar refractivity (Wildman–Crippen MR) is 108 cm³/mol.